The van der Waals surface area contributed by atoms with Crippen LogP contribution in [0, 0.1) is 5.82 Å². The molecule has 7 nitrogen and oxygen atoms in total. The van der Waals surface area contributed by atoms with Crippen LogP contribution < -0.4 is 5.32 Å². The number of nitrogens with one attached hydrogen (secondary N) is 1. The maximum absolute atomic E-state index is 13.3. The fraction of sp³-hybridized carbons (Fsp3) is 0.300. The number of amides is 2. The van der Waals surface area contributed by atoms with Crippen molar-refractivity contribution in [2.24, 2.45) is 0 Å². The molecule has 4 rings (SSSR count). The molecule has 0 aliphatic carbocycles. The van der Waals surface area contributed by atoms with Crippen molar-refractivity contribution in [2.75, 3.05) is 19.6 Å². The quantitative estimate of drug-likeness (QED) is 0.749. The van der Waals surface area contributed by atoms with Crippen LogP contribution in [0.3, 0.4) is 0 Å². The molecule has 1 aromatic carbocycles. The van der Waals surface area contributed by atoms with Gasteiger partial charge in [-0.2, -0.15) is 0 Å². The smallest absolute Gasteiger partial charge is 0.253 e. The van der Waals surface area contributed by atoms with Crippen molar-refractivity contribution in [1.82, 2.24) is 20.4 Å². The van der Waals surface area contributed by atoms with Gasteiger partial charge >= 0.3 is 0 Å². The van der Waals surface area contributed by atoms with Crippen molar-refractivity contribution >= 4 is 22.8 Å². The first-order valence-corrected chi connectivity index (χ1v) is 9.12. The van der Waals surface area contributed by atoms with Crippen LogP contribution in [0.1, 0.15) is 34.8 Å². The van der Waals surface area contributed by atoms with Crippen molar-refractivity contribution in [2.45, 2.75) is 18.8 Å². The molecule has 1 aliphatic heterocycles. The first-order valence-electron chi connectivity index (χ1n) is 9.12. The maximum atomic E-state index is 13.3. The van der Waals surface area contributed by atoms with Gasteiger partial charge in [0, 0.05) is 42.9 Å². The number of aromatic nitrogens is 2. The minimum atomic E-state index is -0.357. The van der Waals surface area contributed by atoms with Crippen LogP contribution >= 0.6 is 0 Å². The second kappa shape index (κ2) is 7.75. The fourth-order valence-electron chi connectivity index (χ4n) is 3.49. The Bertz CT molecular complexity index is 997. The predicted octanol–water partition coefficient (Wildman–Crippen LogP) is 2.50. The minimum absolute atomic E-state index is 0.0510. The molecule has 2 amide bonds. The number of hydrogen-bond acceptors (Lipinski definition) is 5. The van der Waals surface area contributed by atoms with Gasteiger partial charge in [0.05, 0.1) is 17.8 Å². The highest BCUT2D eigenvalue weighted by Crippen LogP contribution is 2.32. The Morgan fingerprint density at radius 3 is 2.82 bits per heavy atom. The van der Waals surface area contributed by atoms with Crippen LogP contribution in [-0.2, 0) is 4.79 Å². The summed E-state index contributed by atoms with van der Waals surface area (Å²) < 4.78 is 18.5. The van der Waals surface area contributed by atoms with Gasteiger partial charge in [-0.1, -0.05) is 5.16 Å². The Morgan fingerprint density at radius 2 is 2.07 bits per heavy atom. The third kappa shape index (κ3) is 3.71. The van der Waals surface area contributed by atoms with Crippen LogP contribution in [0.4, 0.5) is 4.39 Å². The molecule has 144 valence electrons. The summed E-state index contributed by atoms with van der Waals surface area (Å²) in [5.74, 6) is -0.648. The second-order valence-electron chi connectivity index (χ2n) is 6.79. The van der Waals surface area contributed by atoms with E-state index in [0.717, 1.165) is 23.9 Å². The van der Waals surface area contributed by atoms with E-state index in [1.807, 2.05) is 0 Å². The third-order valence-electron chi connectivity index (χ3n) is 5.02. The first-order chi connectivity index (χ1) is 13.6. The summed E-state index contributed by atoms with van der Waals surface area (Å²) in [5, 5.41) is 7.56. The molecule has 0 radical (unpaired) electrons. The lowest BCUT2D eigenvalue weighted by Gasteiger charge is -2.31. The standard InChI is InChI=1S/C20H19FN4O3/c21-15-3-4-16-17(10-15)28-24-19(16)13-5-8-25(9-6-13)18(26)12-23-20(27)14-2-1-7-22-11-14/h1-4,7,10-11,13H,5-6,8-9,12H2,(H,23,27). The lowest BCUT2D eigenvalue weighted by Crippen LogP contribution is -2.43. The Labute approximate surface area is 160 Å². The maximum Gasteiger partial charge on any atom is 0.253 e. The summed E-state index contributed by atoms with van der Waals surface area (Å²) in [5.41, 5.74) is 1.67. The van der Waals surface area contributed by atoms with Gasteiger partial charge in [0.25, 0.3) is 5.91 Å². The molecule has 0 atom stereocenters. The molecule has 1 aliphatic rings. The largest absolute Gasteiger partial charge is 0.356 e. The van der Waals surface area contributed by atoms with Crippen molar-refractivity contribution in [1.29, 1.82) is 0 Å². The van der Waals surface area contributed by atoms with Gasteiger partial charge in [-0.15, -0.1) is 0 Å². The Morgan fingerprint density at radius 1 is 1.25 bits per heavy atom. The van der Waals surface area contributed by atoms with E-state index in [4.69, 9.17) is 4.52 Å². The molecule has 2 aromatic heterocycles. The zero-order chi connectivity index (χ0) is 19.5. The van der Waals surface area contributed by atoms with E-state index in [2.05, 4.69) is 15.5 Å². The Hall–Kier alpha value is -3.29. The molecule has 3 aromatic rings. The molecule has 0 unspecified atom stereocenters. The van der Waals surface area contributed by atoms with Crippen LogP contribution in [0.15, 0.2) is 47.2 Å². The molecule has 1 saturated heterocycles. The molecular formula is C20H19FN4O3. The molecule has 0 saturated carbocycles. The van der Waals surface area contributed by atoms with E-state index in [1.54, 1.807) is 29.3 Å². The Kier molecular flexibility index (Phi) is 5.01. The van der Waals surface area contributed by atoms with Gasteiger partial charge in [0.15, 0.2) is 5.58 Å². The van der Waals surface area contributed by atoms with E-state index in [-0.39, 0.29) is 30.1 Å². The average Bonchev–Trinajstić information content (AvgIpc) is 3.15. The topological polar surface area (TPSA) is 88.3 Å². The lowest BCUT2D eigenvalue weighted by atomic mass is 9.91. The summed E-state index contributed by atoms with van der Waals surface area (Å²) in [4.78, 5) is 30.0. The van der Waals surface area contributed by atoms with Crippen LogP contribution in [0.5, 0.6) is 0 Å². The van der Waals surface area contributed by atoms with Crippen LogP contribution in [0.2, 0.25) is 0 Å². The van der Waals surface area contributed by atoms with E-state index in [9.17, 15) is 14.0 Å². The lowest BCUT2D eigenvalue weighted by molar-refractivity contribution is -0.131. The zero-order valence-electron chi connectivity index (χ0n) is 15.1. The van der Waals surface area contributed by atoms with E-state index in [1.165, 1.54) is 18.3 Å². The Balaban J connectivity index is 1.32. The monoisotopic (exact) mass is 382 g/mol. The molecule has 1 fully saturated rings. The van der Waals surface area contributed by atoms with Gasteiger partial charge in [-0.25, -0.2) is 4.39 Å². The van der Waals surface area contributed by atoms with E-state index >= 15 is 0 Å². The molecule has 3 heterocycles. The predicted molar refractivity (Wildman–Crippen MR) is 99.1 cm³/mol. The van der Waals surface area contributed by atoms with Crippen LogP contribution in [0.25, 0.3) is 11.0 Å². The number of pyridine rings is 1. The van der Waals surface area contributed by atoms with Crippen LogP contribution in [-0.4, -0.2) is 46.5 Å². The van der Waals surface area contributed by atoms with Crippen molar-refractivity contribution < 1.29 is 18.5 Å². The summed E-state index contributed by atoms with van der Waals surface area (Å²) in [6.07, 6.45) is 4.52. The molecular weight excluding hydrogens is 363 g/mol. The molecule has 8 heteroatoms. The van der Waals surface area contributed by atoms with Crippen molar-refractivity contribution in [3.05, 3.63) is 59.8 Å². The van der Waals surface area contributed by atoms with Gasteiger partial charge < -0.3 is 14.7 Å². The molecule has 1 N–H and O–H groups in total. The number of hydrogen-bond donors (Lipinski definition) is 1. The number of benzene rings is 1. The van der Waals surface area contributed by atoms with Crippen molar-refractivity contribution in [3.63, 3.8) is 0 Å². The second-order valence-corrected chi connectivity index (χ2v) is 6.79. The normalized spacial score (nSPS) is 15.0. The number of rotatable bonds is 4. The number of carbonyl (C=O) groups is 2. The molecule has 28 heavy (non-hydrogen) atoms. The summed E-state index contributed by atoms with van der Waals surface area (Å²) >= 11 is 0. The van der Waals surface area contributed by atoms with E-state index < -0.39 is 0 Å². The van der Waals surface area contributed by atoms with Gasteiger partial charge in [0.2, 0.25) is 5.91 Å². The average molecular weight is 382 g/mol. The van der Waals surface area contributed by atoms with Crippen molar-refractivity contribution in [3.8, 4) is 0 Å². The van der Waals surface area contributed by atoms with Gasteiger partial charge in [-0.05, 0) is 37.1 Å². The number of fused-ring (bicyclic) bond motifs is 1. The highest BCUT2D eigenvalue weighted by Gasteiger charge is 2.27. The first kappa shape index (κ1) is 18.1. The molecule has 0 spiro atoms. The SMILES string of the molecule is O=C(NCC(=O)N1CCC(c2noc3cc(F)ccc23)CC1)c1cccnc1. The summed E-state index contributed by atoms with van der Waals surface area (Å²) in [6, 6.07) is 7.72. The van der Waals surface area contributed by atoms with E-state index in [0.29, 0.717) is 24.2 Å². The number of carbonyl (C=O) groups excluding carboxylic acids is 2. The number of likely N-dealkylation sites (tertiary alicyclic amines) is 1. The zero-order valence-corrected chi connectivity index (χ0v) is 15.1. The summed E-state index contributed by atoms with van der Waals surface area (Å²) in [7, 11) is 0. The number of halogens is 1. The summed E-state index contributed by atoms with van der Waals surface area (Å²) in [6.45, 7) is 1.09. The highest BCUT2D eigenvalue weighted by molar-refractivity contribution is 5.96. The number of nitrogens with zero attached hydrogens (tertiary/aromatic N) is 3. The molecule has 0 bridgehead atoms. The minimum Gasteiger partial charge on any atom is -0.356 e. The third-order valence-corrected chi connectivity index (χ3v) is 5.02. The van der Waals surface area contributed by atoms with Gasteiger partial charge in [-0.3, -0.25) is 14.6 Å². The fourth-order valence-corrected chi connectivity index (χ4v) is 3.49. The number of piperidine rings is 1. The highest BCUT2D eigenvalue weighted by atomic mass is 19.1. The van der Waals surface area contributed by atoms with Gasteiger partial charge in [0.1, 0.15) is 5.82 Å².